The second-order valence-electron chi connectivity index (χ2n) is 5.84. The van der Waals surface area contributed by atoms with Crippen molar-refractivity contribution >= 4 is 39.8 Å². The minimum absolute atomic E-state index is 0.0411. The molecule has 6 nitrogen and oxygen atoms in total. The third kappa shape index (κ3) is 6.69. The summed E-state index contributed by atoms with van der Waals surface area (Å²) in [7, 11) is 0. The molecular weight excluding hydrogens is 411 g/mol. The number of amides is 1. The van der Waals surface area contributed by atoms with E-state index in [0.717, 1.165) is 28.7 Å². The number of hydrogen-bond donors (Lipinski definition) is 1. The highest BCUT2D eigenvalue weighted by molar-refractivity contribution is 8.02. The van der Waals surface area contributed by atoms with E-state index in [4.69, 9.17) is 5.26 Å². The second kappa shape index (κ2) is 9.75. The van der Waals surface area contributed by atoms with E-state index in [1.54, 1.807) is 6.92 Å². The molecule has 0 aliphatic heterocycles. The number of anilines is 2. The molecule has 2 aromatic rings. The van der Waals surface area contributed by atoms with Crippen LogP contribution in [0.2, 0.25) is 0 Å². The Hall–Kier alpha value is -2.32. The molecule has 0 aliphatic carbocycles. The SMILES string of the molecule is Cc1ccc(N(CCC#N)C(=O)C(C)Sc2nnc(NCC(F)(F)F)s2)cc1. The Bertz CT molecular complexity index is 833. The molecule has 1 heterocycles. The smallest absolute Gasteiger partial charge is 0.351 e. The lowest BCUT2D eigenvalue weighted by Gasteiger charge is -2.24. The summed E-state index contributed by atoms with van der Waals surface area (Å²) in [4.78, 5) is 14.4. The van der Waals surface area contributed by atoms with Crippen molar-refractivity contribution in [1.29, 1.82) is 5.26 Å². The lowest BCUT2D eigenvalue weighted by molar-refractivity contribution is -0.118. The molecule has 150 valence electrons. The Morgan fingerprint density at radius 2 is 2.04 bits per heavy atom. The normalized spacial score (nSPS) is 12.3. The predicted octanol–water partition coefficient (Wildman–Crippen LogP) is 4.25. The Morgan fingerprint density at radius 1 is 1.36 bits per heavy atom. The first-order chi connectivity index (χ1) is 13.2. The number of thioether (sulfide) groups is 1. The van der Waals surface area contributed by atoms with Crippen molar-refractivity contribution in [2.24, 2.45) is 0 Å². The van der Waals surface area contributed by atoms with Crippen molar-refractivity contribution in [1.82, 2.24) is 10.2 Å². The van der Waals surface area contributed by atoms with Crippen molar-refractivity contribution in [3.63, 3.8) is 0 Å². The number of rotatable bonds is 8. The van der Waals surface area contributed by atoms with E-state index in [9.17, 15) is 18.0 Å². The molecule has 0 bridgehead atoms. The number of alkyl halides is 3. The van der Waals surface area contributed by atoms with Crippen molar-refractivity contribution in [2.75, 3.05) is 23.3 Å². The molecule has 0 fully saturated rings. The van der Waals surface area contributed by atoms with Crippen LogP contribution in [0, 0.1) is 18.3 Å². The lowest BCUT2D eigenvalue weighted by Crippen LogP contribution is -2.37. The molecule has 0 saturated heterocycles. The average molecular weight is 429 g/mol. The van der Waals surface area contributed by atoms with E-state index in [0.29, 0.717) is 10.0 Å². The van der Waals surface area contributed by atoms with Crippen LogP contribution in [0.25, 0.3) is 0 Å². The van der Waals surface area contributed by atoms with Crippen LogP contribution in [0.4, 0.5) is 24.0 Å². The predicted molar refractivity (Wildman–Crippen MR) is 104 cm³/mol. The highest BCUT2D eigenvalue weighted by Crippen LogP contribution is 2.31. The topological polar surface area (TPSA) is 81.9 Å². The molecule has 0 spiro atoms. The van der Waals surface area contributed by atoms with Crippen LogP contribution >= 0.6 is 23.1 Å². The molecule has 2 rings (SSSR count). The van der Waals surface area contributed by atoms with Gasteiger partial charge in [-0.05, 0) is 26.0 Å². The number of nitrogens with one attached hydrogen (secondary N) is 1. The number of benzene rings is 1. The zero-order valence-corrected chi connectivity index (χ0v) is 16.8. The monoisotopic (exact) mass is 429 g/mol. The van der Waals surface area contributed by atoms with Crippen LogP contribution in [-0.4, -0.2) is 40.6 Å². The zero-order chi connectivity index (χ0) is 20.7. The summed E-state index contributed by atoms with van der Waals surface area (Å²) in [6, 6.07) is 9.41. The van der Waals surface area contributed by atoms with Gasteiger partial charge in [-0.25, -0.2) is 0 Å². The first-order valence-electron chi connectivity index (χ1n) is 8.25. The van der Waals surface area contributed by atoms with E-state index in [1.807, 2.05) is 37.3 Å². The van der Waals surface area contributed by atoms with Crippen molar-refractivity contribution in [2.45, 2.75) is 36.0 Å². The van der Waals surface area contributed by atoms with Crippen LogP contribution in [0.1, 0.15) is 18.9 Å². The fraction of sp³-hybridized carbons (Fsp3) is 0.412. The van der Waals surface area contributed by atoms with Gasteiger partial charge in [0.25, 0.3) is 0 Å². The van der Waals surface area contributed by atoms with E-state index in [-0.39, 0.29) is 24.0 Å². The summed E-state index contributed by atoms with van der Waals surface area (Å²) in [5.41, 5.74) is 1.73. The summed E-state index contributed by atoms with van der Waals surface area (Å²) in [6.07, 6.45) is -4.17. The number of nitriles is 1. The Morgan fingerprint density at radius 3 is 2.64 bits per heavy atom. The van der Waals surface area contributed by atoms with E-state index in [1.165, 1.54) is 4.90 Å². The zero-order valence-electron chi connectivity index (χ0n) is 15.2. The van der Waals surface area contributed by atoms with Gasteiger partial charge in [0, 0.05) is 12.2 Å². The maximum atomic E-state index is 12.9. The molecular formula is C17H18F3N5OS2. The summed E-state index contributed by atoms with van der Waals surface area (Å²) >= 11 is 2.07. The second-order valence-corrected chi connectivity index (χ2v) is 8.40. The fourth-order valence-electron chi connectivity index (χ4n) is 2.18. The first-order valence-corrected chi connectivity index (χ1v) is 9.95. The number of aryl methyl sites for hydroxylation is 1. The Kier molecular flexibility index (Phi) is 7.65. The number of halogens is 3. The highest BCUT2D eigenvalue weighted by atomic mass is 32.2. The summed E-state index contributed by atoms with van der Waals surface area (Å²) in [5.74, 6) is -0.218. The van der Waals surface area contributed by atoms with Gasteiger partial charge in [-0.1, -0.05) is 40.8 Å². The Balaban J connectivity index is 2.05. The lowest BCUT2D eigenvalue weighted by atomic mass is 10.2. The van der Waals surface area contributed by atoms with Gasteiger partial charge in [-0.3, -0.25) is 4.79 Å². The van der Waals surface area contributed by atoms with Crippen LogP contribution in [0.3, 0.4) is 0 Å². The largest absolute Gasteiger partial charge is 0.405 e. The fourth-order valence-corrected chi connectivity index (χ4v) is 4.13. The van der Waals surface area contributed by atoms with Crippen LogP contribution in [0.15, 0.2) is 28.6 Å². The van der Waals surface area contributed by atoms with Gasteiger partial charge in [0.15, 0.2) is 4.34 Å². The van der Waals surface area contributed by atoms with Crippen molar-refractivity contribution in [3.8, 4) is 6.07 Å². The van der Waals surface area contributed by atoms with Crippen LogP contribution < -0.4 is 10.2 Å². The van der Waals surface area contributed by atoms with E-state index >= 15 is 0 Å². The van der Waals surface area contributed by atoms with Gasteiger partial charge in [0.1, 0.15) is 6.54 Å². The van der Waals surface area contributed by atoms with Gasteiger partial charge in [0.2, 0.25) is 11.0 Å². The van der Waals surface area contributed by atoms with Crippen molar-refractivity contribution in [3.05, 3.63) is 29.8 Å². The third-order valence-electron chi connectivity index (χ3n) is 3.53. The molecule has 1 aromatic heterocycles. The molecule has 0 radical (unpaired) electrons. The number of carbonyl (C=O) groups is 1. The summed E-state index contributed by atoms with van der Waals surface area (Å²) < 4.78 is 37.2. The first kappa shape index (κ1) is 22.0. The van der Waals surface area contributed by atoms with Crippen LogP contribution in [-0.2, 0) is 4.79 Å². The summed E-state index contributed by atoms with van der Waals surface area (Å²) in [6.45, 7) is 2.67. The van der Waals surface area contributed by atoms with Gasteiger partial charge in [0.05, 0.1) is 17.7 Å². The number of carbonyl (C=O) groups excluding carboxylic acids is 1. The molecule has 1 aromatic carbocycles. The molecule has 1 N–H and O–H groups in total. The number of hydrogen-bond acceptors (Lipinski definition) is 7. The van der Waals surface area contributed by atoms with Gasteiger partial charge in [-0.15, -0.1) is 10.2 Å². The third-order valence-corrected chi connectivity index (χ3v) is 5.58. The molecule has 0 aliphatic rings. The average Bonchev–Trinajstić information content (AvgIpc) is 3.08. The number of nitrogens with zero attached hydrogens (tertiary/aromatic N) is 4. The maximum Gasteiger partial charge on any atom is 0.405 e. The molecule has 28 heavy (non-hydrogen) atoms. The molecule has 1 unspecified atom stereocenters. The van der Waals surface area contributed by atoms with E-state index in [2.05, 4.69) is 15.5 Å². The van der Waals surface area contributed by atoms with Gasteiger partial charge in [-0.2, -0.15) is 18.4 Å². The molecule has 1 atom stereocenters. The Labute approximate surface area is 168 Å². The standard InChI is InChI=1S/C17H18F3N5OS2/c1-11-4-6-13(7-5-11)25(9-3-8-21)14(26)12(2)27-16-24-23-15(28-16)22-10-17(18,19)20/h4-7,12H,3,9-10H2,1-2H3,(H,22,23). The minimum Gasteiger partial charge on any atom is -0.351 e. The maximum absolute atomic E-state index is 12.9. The van der Waals surface area contributed by atoms with E-state index < -0.39 is 18.0 Å². The summed E-state index contributed by atoms with van der Waals surface area (Å²) in [5, 5.41) is 18.0. The minimum atomic E-state index is -4.35. The quantitative estimate of drug-likeness (QED) is 0.632. The van der Waals surface area contributed by atoms with Gasteiger partial charge >= 0.3 is 6.18 Å². The molecule has 1 amide bonds. The highest BCUT2D eigenvalue weighted by Gasteiger charge is 2.28. The number of aromatic nitrogens is 2. The van der Waals surface area contributed by atoms with Crippen LogP contribution in [0.5, 0.6) is 0 Å². The van der Waals surface area contributed by atoms with Gasteiger partial charge < -0.3 is 10.2 Å². The molecule has 11 heteroatoms. The molecule has 0 saturated carbocycles. The van der Waals surface area contributed by atoms with Crippen molar-refractivity contribution < 1.29 is 18.0 Å².